The van der Waals surface area contributed by atoms with E-state index in [1.807, 2.05) is 0 Å². The smallest absolute Gasteiger partial charge is 0.306 e. The molecule has 0 bridgehead atoms. The molecule has 0 heterocycles. The Morgan fingerprint density at radius 2 is 1.42 bits per heavy atom. The standard InChI is InChI=1S/C3H9F2NO3P2S/c1-7-11(8-2,9-3)6-10(4,5)12/h1-3H3. The zero-order valence-electron chi connectivity index (χ0n) is 6.73. The molecule has 0 unspecified atom stereocenters. The van der Waals surface area contributed by atoms with Crippen molar-refractivity contribution in [3.05, 3.63) is 0 Å². The van der Waals surface area contributed by atoms with Crippen LogP contribution in [0.4, 0.5) is 8.39 Å². The van der Waals surface area contributed by atoms with Crippen LogP contribution in [0.5, 0.6) is 0 Å². The molecule has 9 heteroatoms. The predicted octanol–water partition coefficient (Wildman–Crippen LogP) is 3.04. The fourth-order valence-electron chi connectivity index (χ4n) is 0.461. The topological polar surface area (TPSA) is 40.0 Å². The molecule has 12 heavy (non-hydrogen) atoms. The van der Waals surface area contributed by atoms with Crippen molar-refractivity contribution in [1.29, 1.82) is 0 Å². The fraction of sp³-hybridized carbons (Fsp3) is 1.00. The van der Waals surface area contributed by atoms with Crippen LogP contribution in [0.2, 0.25) is 0 Å². The average molecular weight is 239 g/mol. The molecule has 74 valence electrons. The lowest BCUT2D eigenvalue weighted by molar-refractivity contribution is 0.225. The minimum atomic E-state index is -4.70. The van der Waals surface area contributed by atoms with Gasteiger partial charge in [0.05, 0.1) is 0 Å². The Morgan fingerprint density at radius 1 is 1.08 bits per heavy atom. The molecule has 0 aliphatic rings. The first-order chi connectivity index (χ1) is 5.39. The van der Waals surface area contributed by atoms with Crippen LogP contribution in [-0.4, -0.2) is 21.3 Å². The van der Waals surface area contributed by atoms with Crippen LogP contribution < -0.4 is 0 Å². The minimum Gasteiger partial charge on any atom is -0.306 e. The summed E-state index contributed by atoms with van der Waals surface area (Å²) in [5.41, 5.74) is 0. The summed E-state index contributed by atoms with van der Waals surface area (Å²) in [7, 11) is 0.287. The Kier molecular flexibility index (Phi) is 4.99. The largest absolute Gasteiger partial charge is 0.389 e. The molecular formula is C3H9F2NO3P2S. The average Bonchev–Trinajstić information content (AvgIpc) is 1.99. The molecule has 0 N–H and O–H groups in total. The van der Waals surface area contributed by atoms with E-state index in [1.54, 1.807) is 0 Å². The lowest BCUT2D eigenvalue weighted by Gasteiger charge is -2.16. The van der Waals surface area contributed by atoms with Gasteiger partial charge in [0.25, 0.3) is 0 Å². The molecule has 0 spiro atoms. The lowest BCUT2D eigenvalue weighted by Crippen LogP contribution is -1.90. The highest BCUT2D eigenvalue weighted by Gasteiger charge is 2.25. The van der Waals surface area contributed by atoms with Gasteiger partial charge in [-0.1, -0.05) is 0 Å². The molecule has 0 amide bonds. The quantitative estimate of drug-likeness (QED) is 0.707. The van der Waals surface area contributed by atoms with E-state index in [2.05, 4.69) is 29.9 Å². The second-order valence-electron chi connectivity index (χ2n) is 1.54. The Bertz CT molecular complexity index is 223. The van der Waals surface area contributed by atoms with Gasteiger partial charge in [-0.25, -0.2) is 0 Å². The minimum absolute atomic E-state index is 1.18. The van der Waals surface area contributed by atoms with Crippen LogP contribution >= 0.6 is 14.5 Å². The molecular weight excluding hydrogens is 230 g/mol. The summed E-state index contributed by atoms with van der Waals surface area (Å²) >= 11 is 3.83. The second-order valence-corrected chi connectivity index (χ2v) is 6.48. The Labute approximate surface area is 74.8 Å². The maximum Gasteiger partial charge on any atom is 0.389 e. The van der Waals surface area contributed by atoms with Crippen LogP contribution in [0.25, 0.3) is 0 Å². The SMILES string of the molecule is COP(=NP(F)(F)=S)(OC)OC. The molecule has 0 radical (unpaired) electrons. The summed E-state index contributed by atoms with van der Waals surface area (Å²) in [5, 5.41) is 0. The summed E-state index contributed by atoms with van der Waals surface area (Å²) < 4.78 is 41.4. The maximum atomic E-state index is 12.3. The van der Waals surface area contributed by atoms with Gasteiger partial charge in [-0.05, 0) is 11.8 Å². The van der Waals surface area contributed by atoms with Gasteiger partial charge in [-0.15, -0.1) is 4.52 Å². The van der Waals surface area contributed by atoms with Crippen molar-refractivity contribution >= 4 is 26.4 Å². The van der Waals surface area contributed by atoms with Gasteiger partial charge in [0.15, 0.2) is 0 Å². The van der Waals surface area contributed by atoms with Crippen molar-refractivity contribution in [2.24, 2.45) is 4.52 Å². The van der Waals surface area contributed by atoms with Gasteiger partial charge in [-0.2, -0.15) is 8.39 Å². The molecule has 4 nitrogen and oxygen atoms in total. The molecule has 0 aromatic rings. The number of halogens is 2. The molecule has 0 fully saturated rings. The van der Waals surface area contributed by atoms with E-state index < -0.39 is 14.5 Å². The Morgan fingerprint density at radius 3 is 1.50 bits per heavy atom. The third-order valence-corrected chi connectivity index (χ3v) is 4.66. The van der Waals surface area contributed by atoms with Crippen LogP contribution in [-0.2, 0) is 25.4 Å². The van der Waals surface area contributed by atoms with E-state index in [9.17, 15) is 8.39 Å². The molecule has 0 aromatic heterocycles. The molecule has 0 rings (SSSR count). The highest BCUT2D eigenvalue weighted by molar-refractivity contribution is 8.09. The Balaban J connectivity index is 4.96. The van der Waals surface area contributed by atoms with Crippen LogP contribution in [0.3, 0.4) is 0 Å². The van der Waals surface area contributed by atoms with Crippen LogP contribution in [0.1, 0.15) is 0 Å². The van der Waals surface area contributed by atoms with Gasteiger partial charge in [0.2, 0.25) is 0 Å². The van der Waals surface area contributed by atoms with Gasteiger partial charge in [0.1, 0.15) is 0 Å². The zero-order valence-corrected chi connectivity index (χ0v) is 9.34. The molecule has 0 atom stereocenters. The number of nitrogens with zero attached hydrogens (tertiary/aromatic N) is 1. The van der Waals surface area contributed by atoms with Crippen molar-refractivity contribution in [3.63, 3.8) is 0 Å². The van der Waals surface area contributed by atoms with Crippen LogP contribution in [0.15, 0.2) is 4.52 Å². The normalized spacial score (nSPS) is 13.1. The van der Waals surface area contributed by atoms with Gasteiger partial charge in [-0.3, -0.25) is 0 Å². The second kappa shape index (κ2) is 4.74. The van der Waals surface area contributed by atoms with Crippen LogP contribution in [0, 0.1) is 0 Å². The van der Waals surface area contributed by atoms with Gasteiger partial charge >= 0.3 is 14.5 Å². The number of rotatable bonds is 4. The molecule has 0 saturated heterocycles. The molecule has 0 aliphatic heterocycles. The fourth-order valence-corrected chi connectivity index (χ4v) is 3.61. The highest BCUT2D eigenvalue weighted by atomic mass is 32.5. The van der Waals surface area contributed by atoms with Crippen molar-refractivity contribution in [1.82, 2.24) is 0 Å². The number of hydrogen-bond acceptors (Lipinski definition) is 4. The zero-order chi connectivity index (χ0) is 9.83. The van der Waals surface area contributed by atoms with Crippen molar-refractivity contribution in [2.45, 2.75) is 0 Å². The third kappa shape index (κ3) is 4.03. The van der Waals surface area contributed by atoms with E-state index in [4.69, 9.17) is 0 Å². The third-order valence-electron chi connectivity index (χ3n) is 0.906. The lowest BCUT2D eigenvalue weighted by atomic mass is 11.8. The van der Waals surface area contributed by atoms with E-state index in [-0.39, 0.29) is 0 Å². The first-order valence-electron chi connectivity index (χ1n) is 2.69. The monoisotopic (exact) mass is 239 g/mol. The van der Waals surface area contributed by atoms with Gasteiger partial charge < -0.3 is 13.6 Å². The van der Waals surface area contributed by atoms with Crippen molar-refractivity contribution < 1.29 is 22.0 Å². The summed E-state index contributed by atoms with van der Waals surface area (Å²) in [4.78, 5) is 0. The summed E-state index contributed by atoms with van der Waals surface area (Å²) in [6.07, 6.45) is 0. The summed E-state index contributed by atoms with van der Waals surface area (Å²) in [6, 6.07) is 0. The Hall–Kier alpha value is 0.620. The molecule has 0 aliphatic carbocycles. The van der Waals surface area contributed by atoms with E-state index in [0.717, 1.165) is 0 Å². The summed E-state index contributed by atoms with van der Waals surface area (Å²) in [5.74, 6) is 0. The van der Waals surface area contributed by atoms with Crippen molar-refractivity contribution in [3.8, 4) is 0 Å². The molecule has 0 aromatic carbocycles. The summed E-state index contributed by atoms with van der Waals surface area (Å²) in [6.45, 7) is -4.70. The maximum absolute atomic E-state index is 12.3. The predicted molar refractivity (Wildman–Crippen MR) is 46.9 cm³/mol. The van der Waals surface area contributed by atoms with E-state index in [1.165, 1.54) is 21.3 Å². The van der Waals surface area contributed by atoms with Crippen molar-refractivity contribution in [2.75, 3.05) is 21.3 Å². The highest BCUT2D eigenvalue weighted by Crippen LogP contribution is 2.64. The molecule has 0 saturated carbocycles. The van der Waals surface area contributed by atoms with E-state index >= 15 is 0 Å². The first-order valence-corrected chi connectivity index (χ1v) is 6.73. The van der Waals surface area contributed by atoms with Gasteiger partial charge in [0, 0.05) is 21.3 Å². The number of hydrogen-bond donors (Lipinski definition) is 0. The first kappa shape index (κ1) is 12.6. The van der Waals surface area contributed by atoms with E-state index in [0.29, 0.717) is 0 Å².